The number of carbonyl (C=O) groups is 3. The summed E-state index contributed by atoms with van der Waals surface area (Å²) in [6, 6.07) is -0.938. The molecule has 3 amide bonds. The molecule has 3 N–H and O–H groups in total. The number of amides is 3. The first kappa shape index (κ1) is 31.4. The Bertz CT molecular complexity index is 1550. The minimum atomic E-state index is -4.80. The highest BCUT2D eigenvalue weighted by atomic mass is 35.5. The zero-order valence-electron chi connectivity index (χ0n) is 21.6. The fourth-order valence-corrected chi connectivity index (χ4v) is 6.49. The minimum absolute atomic E-state index is 0.238. The molecule has 0 unspecified atom stereocenters. The van der Waals surface area contributed by atoms with E-state index in [4.69, 9.17) is 16.3 Å². The molecule has 0 radical (unpaired) electrons. The third-order valence-electron chi connectivity index (χ3n) is 6.72. The van der Waals surface area contributed by atoms with Crippen LogP contribution in [0.2, 0.25) is 5.15 Å². The highest BCUT2D eigenvalue weighted by Crippen LogP contribution is 2.40. The number of hydrogen-bond acceptors (Lipinski definition) is 6. The van der Waals surface area contributed by atoms with E-state index in [1.807, 2.05) is 0 Å². The molecule has 2 aliphatic heterocycles. The van der Waals surface area contributed by atoms with Crippen molar-refractivity contribution >= 4 is 45.0 Å². The number of alkyl halides is 5. The Labute approximate surface area is 239 Å². The molecule has 2 aliphatic rings. The predicted octanol–water partition coefficient (Wildman–Crippen LogP) is 2.57. The lowest BCUT2D eigenvalue weighted by Gasteiger charge is -2.23. The maximum atomic E-state index is 13.7. The lowest BCUT2D eigenvalue weighted by molar-refractivity contribution is -0.162. The first-order valence-electron chi connectivity index (χ1n) is 12.0. The van der Waals surface area contributed by atoms with Gasteiger partial charge in [-0.3, -0.25) is 14.4 Å². The maximum absolute atomic E-state index is 13.7. The number of benzene rings is 1. The largest absolute Gasteiger partial charge is 0.489 e. The number of rotatable bonds is 4. The molecule has 1 saturated heterocycles. The molecule has 3 atom stereocenters. The standard InChI is InChI=1S/C23H22ClF6N5O6S/c1-9(23(28,29)30)31-21(37)22(38)35-6-10-8-41-16-15(20(36)32-11-3-4-13(25)12(5-11)19(26)27)34(2)18(24)17(16)42(39,40)33-14(10)7-35/h3-5,9-10,14,19,33H,6-8H2,1-2H3,(H,31,37)(H,32,36)/t9-,10+,14+/m1/s1. The molecule has 230 valence electrons. The van der Waals surface area contributed by atoms with E-state index in [-0.39, 0.29) is 25.4 Å². The summed E-state index contributed by atoms with van der Waals surface area (Å²) in [5.74, 6) is -6.44. The van der Waals surface area contributed by atoms with E-state index in [0.717, 1.165) is 15.5 Å². The van der Waals surface area contributed by atoms with E-state index >= 15 is 0 Å². The Balaban J connectivity index is 1.59. The molecule has 0 aliphatic carbocycles. The summed E-state index contributed by atoms with van der Waals surface area (Å²) >= 11 is 6.25. The average Bonchev–Trinajstić information content (AvgIpc) is 3.38. The van der Waals surface area contributed by atoms with Crippen molar-refractivity contribution in [2.45, 2.75) is 36.5 Å². The van der Waals surface area contributed by atoms with Crippen LogP contribution >= 0.6 is 11.6 Å². The van der Waals surface area contributed by atoms with Gasteiger partial charge in [-0.05, 0) is 25.1 Å². The third-order valence-corrected chi connectivity index (χ3v) is 8.80. The van der Waals surface area contributed by atoms with E-state index < -0.39 is 91.2 Å². The Morgan fingerprint density at radius 2 is 1.86 bits per heavy atom. The van der Waals surface area contributed by atoms with Gasteiger partial charge in [0, 0.05) is 37.8 Å². The molecule has 42 heavy (non-hydrogen) atoms. The topological polar surface area (TPSA) is 139 Å². The number of nitrogens with zero attached hydrogens (tertiary/aromatic N) is 2. The number of fused-ring (bicyclic) bond motifs is 2. The molecule has 19 heteroatoms. The fraction of sp³-hybridized carbons (Fsp3) is 0.435. The van der Waals surface area contributed by atoms with Crippen LogP contribution in [0.25, 0.3) is 0 Å². The molecular weight excluding hydrogens is 624 g/mol. The fourth-order valence-electron chi connectivity index (χ4n) is 4.48. The van der Waals surface area contributed by atoms with Crippen LogP contribution in [0.15, 0.2) is 23.1 Å². The lowest BCUT2D eigenvalue weighted by atomic mass is 10.1. The molecule has 3 heterocycles. The number of likely N-dealkylation sites (tertiary alicyclic amines) is 1. The van der Waals surface area contributed by atoms with Gasteiger partial charge in [-0.15, -0.1) is 0 Å². The molecule has 0 spiro atoms. The first-order valence-corrected chi connectivity index (χ1v) is 13.9. The number of halogens is 7. The molecular formula is C23H22ClF6N5O6S. The van der Waals surface area contributed by atoms with Crippen LogP contribution in [-0.4, -0.2) is 73.6 Å². The van der Waals surface area contributed by atoms with Gasteiger partial charge in [0.1, 0.15) is 17.0 Å². The summed E-state index contributed by atoms with van der Waals surface area (Å²) in [7, 11) is -3.34. The summed E-state index contributed by atoms with van der Waals surface area (Å²) in [5.41, 5.74) is -1.66. The smallest absolute Gasteiger partial charge is 0.408 e. The van der Waals surface area contributed by atoms with Gasteiger partial charge in [0.05, 0.1) is 12.2 Å². The second kappa shape index (κ2) is 11.3. The van der Waals surface area contributed by atoms with Gasteiger partial charge in [0.25, 0.3) is 12.3 Å². The molecule has 4 rings (SSSR count). The second-order valence-corrected chi connectivity index (χ2v) is 11.6. The lowest BCUT2D eigenvalue weighted by Crippen LogP contribution is -2.50. The zero-order valence-corrected chi connectivity index (χ0v) is 23.1. The van der Waals surface area contributed by atoms with Gasteiger partial charge < -0.3 is 24.8 Å². The average molecular weight is 646 g/mol. The summed E-state index contributed by atoms with van der Waals surface area (Å²) in [5, 5.41) is 3.33. The van der Waals surface area contributed by atoms with E-state index in [1.54, 1.807) is 5.32 Å². The molecule has 1 fully saturated rings. The van der Waals surface area contributed by atoms with Crippen molar-refractivity contribution < 1.29 is 53.9 Å². The molecule has 0 bridgehead atoms. The van der Waals surface area contributed by atoms with Crippen LogP contribution in [0.1, 0.15) is 29.4 Å². The van der Waals surface area contributed by atoms with Crippen molar-refractivity contribution in [2.24, 2.45) is 13.0 Å². The number of ether oxygens (including phenoxy) is 1. The quantitative estimate of drug-likeness (QED) is 0.345. The Kier molecular flexibility index (Phi) is 8.45. The predicted molar refractivity (Wildman–Crippen MR) is 133 cm³/mol. The van der Waals surface area contributed by atoms with Crippen LogP contribution in [0.3, 0.4) is 0 Å². The Hall–Kier alpha value is -3.51. The summed E-state index contributed by atoms with van der Waals surface area (Å²) in [6.45, 7) is -0.363. The number of anilines is 1. The van der Waals surface area contributed by atoms with Crippen LogP contribution in [0.4, 0.5) is 32.0 Å². The van der Waals surface area contributed by atoms with Gasteiger partial charge in [-0.25, -0.2) is 26.3 Å². The van der Waals surface area contributed by atoms with Crippen LogP contribution in [0, 0.1) is 11.7 Å². The van der Waals surface area contributed by atoms with E-state index in [1.165, 1.54) is 7.05 Å². The molecule has 1 aromatic carbocycles. The SMILES string of the molecule is C[C@@H](NC(=O)C(=O)N1C[C@H]2COc3c(c(Cl)n(C)c3C(=O)Nc3ccc(F)c(C(F)F)c3)S(=O)(=O)N[C@H]2C1)C(F)(F)F. The number of carbonyl (C=O) groups excluding carboxylic acids is 3. The van der Waals surface area contributed by atoms with E-state index in [9.17, 15) is 49.1 Å². The van der Waals surface area contributed by atoms with Crippen molar-refractivity contribution in [2.75, 3.05) is 25.0 Å². The zero-order chi connectivity index (χ0) is 31.3. The second-order valence-electron chi connectivity index (χ2n) is 9.59. The van der Waals surface area contributed by atoms with Gasteiger partial charge in [0.2, 0.25) is 10.0 Å². The maximum Gasteiger partial charge on any atom is 0.408 e. The molecule has 11 nitrogen and oxygen atoms in total. The number of nitrogens with one attached hydrogen (secondary N) is 3. The van der Waals surface area contributed by atoms with E-state index in [2.05, 4.69) is 10.0 Å². The monoisotopic (exact) mass is 645 g/mol. The van der Waals surface area contributed by atoms with Gasteiger partial charge in [-0.2, -0.15) is 13.2 Å². The van der Waals surface area contributed by atoms with Gasteiger partial charge in [0.15, 0.2) is 16.3 Å². The number of sulfonamides is 1. The van der Waals surface area contributed by atoms with Crippen molar-refractivity contribution in [3.05, 3.63) is 40.4 Å². The number of aromatic nitrogens is 1. The first-order chi connectivity index (χ1) is 19.4. The molecule has 0 saturated carbocycles. The van der Waals surface area contributed by atoms with Gasteiger partial charge in [-0.1, -0.05) is 11.6 Å². The van der Waals surface area contributed by atoms with E-state index in [0.29, 0.717) is 19.1 Å². The highest BCUT2D eigenvalue weighted by molar-refractivity contribution is 7.89. The Morgan fingerprint density at radius 1 is 1.19 bits per heavy atom. The van der Waals surface area contributed by atoms with Crippen molar-refractivity contribution in [1.29, 1.82) is 0 Å². The summed E-state index contributed by atoms with van der Waals surface area (Å²) in [6.07, 6.45) is -7.98. The molecule has 2 aromatic rings. The third kappa shape index (κ3) is 6.00. The Morgan fingerprint density at radius 3 is 2.48 bits per heavy atom. The summed E-state index contributed by atoms with van der Waals surface area (Å²) in [4.78, 5) is 38.0. The van der Waals surface area contributed by atoms with Crippen LogP contribution in [0.5, 0.6) is 5.75 Å². The summed E-state index contributed by atoms with van der Waals surface area (Å²) < 4.78 is 114. The van der Waals surface area contributed by atoms with Crippen molar-refractivity contribution in [3.8, 4) is 5.75 Å². The van der Waals surface area contributed by atoms with Gasteiger partial charge >= 0.3 is 18.0 Å². The highest BCUT2D eigenvalue weighted by Gasteiger charge is 2.45. The minimum Gasteiger partial charge on any atom is -0.489 e. The van der Waals surface area contributed by atoms with Crippen LogP contribution in [-0.2, 0) is 26.7 Å². The number of hydrogen-bond donors (Lipinski definition) is 3. The van der Waals surface area contributed by atoms with Crippen molar-refractivity contribution in [1.82, 2.24) is 19.5 Å². The van der Waals surface area contributed by atoms with Crippen LogP contribution < -0.4 is 20.1 Å². The normalized spacial score (nSPS) is 20.6. The molecule has 1 aromatic heterocycles. The van der Waals surface area contributed by atoms with Crippen molar-refractivity contribution in [3.63, 3.8) is 0 Å².